The zero-order valence-electron chi connectivity index (χ0n) is 26.7. The van der Waals surface area contributed by atoms with Gasteiger partial charge in [0.15, 0.2) is 0 Å². The van der Waals surface area contributed by atoms with Gasteiger partial charge in [-0.3, -0.25) is 0 Å². The van der Waals surface area contributed by atoms with Crippen molar-refractivity contribution in [2.45, 2.75) is 124 Å². The molecule has 0 aromatic carbocycles. The molecule has 0 radical (unpaired) electrons. The number of hydrogen-bond acceptors (Lipinski definition) is 2. The molecule has 4 unspecified atom stereocenters. The Morgan fingerprint density at radius 3 is 1.54 bits per heavy atom. The highest BCUT2D eigenvalue weighted by molar-refractivity contribution is 7.60. The van der Waals surface area contributed by atoms with E-state index in [1.54, 1.807) is 16.7 Å². The second-order valence-electron chi connectivity index (χ2n) is 16.5. The molecule has 1 aliphatic carbocycles. The van der Waals surface area contributed by atoms with Crippen molar-refractivity contribution in [3.8, 4) is 0 Å². The van der Waals surface area contributed by atoms with E-state index in [-0.39, 0.29) is 23.9 Å². The smallest absolute Gasteiger partial charge is 0.0146 e. The fourth-order valence-electron chi connectivity index (χ4n) is 7.90. The van der Waals surface area contributed by atoms with Crippen LogP contribution < -0.4 is 10.6 Å². The first kappa shape index (κ1) is 31.8. The average Bonchev–Trinajstić information content (AvgIpc) is 3.17. The molecule has 2 fully saturated rings. The third kappa shape index (κ3) is 6.95. The summed E-state index contributed by atoms with van der Waals surface area (Å²) in [6.45, 7) is 34.6. The van der Waals surface area contributed by atoms with Gasteiger partial charge in [0.05, 0.1) is 0 Å². The van der Waals surface area contributed by atoms with Crippen LogP contribution >= 0.6 is 17.2 Å². The van der Waals surface area contributed by atoms with Gasteiger partial charge in [-0.1, -0.05) is 108 Å². The van der Waals surface area contributed by atoms with Crippen LogP contribution in [0.2, 0.25) is 0 Å². The summed E-state index contributed by atoms with van der Waals surface area (Å²) in [6, 6.07) is 0. The largest absolute Gasteiger partial charge is 0.316 e. The Hall–Kier alpha value is 0.260. The van der Waals surface area contributed by atoms with Crippen LogP contribution in [0.4, 0.5) is 0 Å². The summed E-state index contributed by atoms with van der Waals surface area (Å²) in [4.78, 5) is 0. The molecule has 214 valence electrons. The fourth-order valence-corrected chi connectivity index (χ4v) is 12.6. The Morgan fingerprint density at radius 1 is 0.757 bits per heavy atom. The highest BCUT2D eigenvalue weighted by atomic mass is 31.1. The third-order valence-corrected chi connectivity index (χ3v) is 14.6. The molecule has 0 saturated carbocycles. The first-order valence-corrected chi connectivity index (χ1v) is 17.3. The molecule has 0 aromatic rings. The van der Waals surface area contributed by atoms with E-state index in [2.05, 4.69) is 109 Å². The van der Waals surface area contributed by atoms with Gasteiger partial charge in [0, 0.05) is 11.1 Å². The van der Waals surface area contributed by atoms with E-state index >= 15 is 0 Å². The summed E-state index contributed by atoms with van der Waals surface area (Å²) in [6.07, 6.45) is 9.39. The van der Waals surface area contributed by atoms with Crippen molar-refractivity contribution in [3.63, 3.8) is 0 Å². The summed E-state index contributed by atoms with van der Waals surface area (Å²) in [7, 11) is 3.38. The molecule has 37 heavy (non-hydrogen) atoms. The first-order chi connectivity index (χ1) is 16.8. The van der Waals surface area contributed by atoms with Crippen molar-refractivity contribution in [2.75, 3.05) is 32.3 Å². The molecule has 3 rings (SSSR count). The van der Waals surface area contributed by atoms with Gasteiger partial charge >= 0.3 is 0 Å². The lowest BCUT2D eigenvalue weighted by atomic mass is 9.66. The molecule has 2 nitrogen and oxygen atoms in total. The van der Waals surface area contributed by atoms with E-state index in [0.717, 1.165) is 13.1 Å². The van der Waals surface area contributed by atoms with Crippen LogP contribution in [0.5, 0.6) is 0 Å². The Morgan fingerprint density at radius 2 is 1.22 bits per heavy atom. The molecular formula is C33H62N2P2. The second kappa shape index (κ2) is 11.3. The van der Waals surface area contributed by atoms with E-state index in [4.69, 9.17) is 0 Å². The molecule has 0 bridgehead atoms. The van der Waals surface area contributed by atoms with Crippen molar-refractivity contribution < 1.29 is 0 Å². The highest BCUT2D eigenvalue weighted by Crippen LogP contribution is 2.65. The minimum Gasteiger partial charge on any atom is -0.316 e. The molecule has 0 amide bonds. The maximum Gasteiger partial charge on any atom is 0.0146 e. The van der Waals surface area contributed by atoms with Crippen LogP contribution in [0.15, 0.2) is 22.8 Å². The SMILES string of the molecule is CC(C)(C)C1=C(C(C)(C)C)C(CP(C(C)(C)C)C(C)(C)C)C(C(P)(C2CCCNC2)C2CCCNC2)=C1. The van der Waals surface area contributed by atoms with Gasteiger partial charge in [-0.15, -0.1) is 9.24 Å². The third-order valence-electron chi connectivity index (χ3n) is 9.36. The van der Waals surface area contributed by atoms with Gasteiger partial charge in [0.2, 0.25) is 0 Å². The maximum absolute atomic E-state index is 3.82. The topological polar surface area (TPSA) is 24.1 Å². The van der Waals surface area contributed by atoms with Crippen molar-refractivity contribution >= 4 is 17.2 Å². The quantitative estimate of drug-likeness (QED) is 0.336. The molecule has 0 aromatic heterocycles. The van der Waals surface area contributed by atoms with Crippen molar-refractivity contribution in [2.24, 2.45) is 28.6 Å². The maximum atomic E-state index is 3.82. The van der Waals surface area contributed by atoms with Crippen LogP contribution in [0, 0.1) is 28.6 Å². The van der Waals surface area contributed by atoms with Crippen LogP contribution in [0.25, 0.3) is 0 Å². The van der Waals surface area contributed by atoms with E-state index in [1.165, 1.54) is 44.9 Å². The van der Waals surface area contributed by atoms with Crippen molar-refractivity contribution in [1.29, 1.82) is 0 Å². The lowest BCUT2D eigenvalue weighted by molar-refractivity contribution is 0.211. The molecule has 2 saturated heterocycles. The molecule has 2 aliphatic heterocycles. The van der Waals surface area contributed by atoms with Gasteiger partial charge in [0.25, 0.3) is 0 Å². The Kier molecular flexibility index (Phi) is 9.68. The Bertz CT molecular complexity index is 813. The molecule has 2 heterocycles. The lowest BCUT2D eigenvalue weighted by Crippen LogP contribution is -2.53. The van der Waals surface area contributed by atoms with Crippen LogP contribution in [0.1, 0.15) is 109 Å². The Labute approximate surface area is 235 Å². The van der Waals surface area contributed by atoms with Crippen LogP contribution in [0.3, 0.4) is 0 Å². The Balaban J connectivity index is 2.25. The van der Waals surface area contributed by atoms with Gasteiger partial charge < -0.3 is 10.6 Å². The molecule has 4 heteroatoms. The number of nitrogens with one attached hydrogen (secondary N) is 2. The van der Waals surface area contributed by atoms with Gasteiger partial charge in [-0.2, -0.15) is 0 Å². The standard InChI is InChI=1S/C33H62N2P2/c1-29(2,3)27-19-26(33(36,23-15-13-17-34-20-23)24-16-14-18-35-21-24)25(28(27)30(4,5)6)22-37(31(7,8)9)32(10,11)12/h19,23-25,34-35H,13-18,20-22,36H2,1-12H3. The summed E-state index contributed by atoms with van der Waals surface area (Å²) in [5.41, 5.74) is 5.46. The fraction of sp³-hybridized carbons (Fsp3) is 0.879. The summed E-state index contributed by atoms with van der Waals surface area (Å²) in [5.74, 6) is 1.90. The molecule has 0 spiro atoms. The predicted octanol–water partition coefficient (Wildman–Crippen LogP) is 8.62. The monoisotopic (exact) mass is 548 g/mol. The van der Waals surface area contributed by atoms with E-state index in [9.17, 15) is 0 Å². The van der Waals surface area contributed by atoms with Crippen LogP contribution in [-0.4, -0.2) is 47.8 Å². The van der Waals surface area contributed by atoms with Gasteiger partial charge in [0.1, 0.15) is 0 Å². The first-order valence-electron chi connectivity index (χ1n) is 15.2. The number of rotatable bonds is 5. The van der Waals surface area contributed by atoms with Gasteiger partial charge in [-0.05, 0) is 96.6 Å². The van der Waals surface area contributed by atoms with E-state index in [0.29, 0.717) is 28.1 Å². The number of piperidine rings is 2. The average molecular weight is 549 g/mol. The minimum absolute atomic E-state index is 0.145. The summed E-state index contributed by atoms with van der Waals surface area (Å²) in [5, 5.41) is 8.44. The zero-order valence-corrected chi connectivity index (χ0v) is 28.7. The van der Waals surface area contributed by atoms with Gasteiger partial charge in [-0.25, -0.2) is 0 Å². The minimum atomic E-state index is -0.207. The van der Waals surface area contributed by atoms with E-state index < -0.39 is 0 Å². The van der Waals surface area contributed by atoms with Crippen molar-refractivity contribution in [3.05, 3.63) is 22.8 Å². The molecule has 4 atom stereocenters. The lowest BCUT2D eigenvalue weighted by Gasteiger charge is -2.52. The molecule has 3 aliphatic rings. The number of allylic oxidation sites excluding steroid dienone is 4. The molecular weight excluding hydrogens is 486 g/mol. The predicted molar refractivity (Wildman–Crippen MR) is 172 cm³/mol. The summed E-state index contributed by atoms with van der Waals surface area (Å²) >= 11 is 0. The van der Waals surface area contributed by atoms with Crippen molar-refractivity contribution in [1.82, 2.24) is 10.6 Å². The normalized spacial score (nSPS) is 28.5. The highest BCUT2D eigenvalue weighted by Gasteiger charge is 2.52. The summed E-state index contributed by atoms with van der Waals surface area (Å²) < 4.78 is 0. The number of hydrogen-bond donors (Lipinski definition) is 2. The zero-order chi connectivity index (χ0) is 28.0. The van der Waals surface area contributed by atoms with E-state index in [1.807, 2.05) is 0 Å². The van der Waals surface area contributed by atoms with Crippen LogP contribution in [-0.2, 0) is 0 Å². The molecule has 2 N–H and O–H groups in total. The second-order valence-corrected chi connectivity index (χ2v) is 21.3.